The molecule has 0 saturated carbocycles. The Morgan fingerprint density at radius 2 is 1.00 bits per heavy atom. The van der Waals surface area contributed by atoms with Crippen molar-refractivity contribution in [2.45, 2.75) is 11.5 Å². The third-order valence-corrected chi connectivity index (χ3v) is 4.55. The highest BCUT2D eigenvalue weighted by Gasteiger charge is 2.13. The minimum absolute atomic E-state index is 0.0818. The molecule has 5 heteroatoms. The topological polar surface area (TPSA) is 68.3 Å². The molecule has 0 spiro atoms. The van der Waals surface area contributed by atoms with Gasteiger partial charge in [0.1, 0.15) is 12.6 Å². The monoisotopic (exact) mass is 302 g/mol. The number of hydrogen-bond acceptors (Lipinski definition) is 4. The van der Waals surface area contributed by atoms with Crippen LogP contribution in [0.5, 0.6) is 0 Å². The van der Waals surface area contributed by atoms with Gasteiger partial charge in [-0.05, 0) is 11.1 Å². The number of hydrogen-bond donors (Lipinski definition) is 0. The zero-order valence-electron chi connectivity index (χ0n) is 11.2. The normalized spacial score (nSPS) is 11.0. The molecule has 0 aliphatic rings. The number of carbonyl (C=O) groups is 2. The van der Waals surface area contributed by atoms with Crippen LogP contribution in [-0.4, -0.2) is 21.0 Å². The van der Waals surface area contributed by atoms with Crippen LogP contribution in [0.3, 0.4) is 0 Å². The Kier molecular flexibility index (Phi) is 4.65. The first-order chi connectivity index (χ1) is 10.0. The molecule has 0 saturated heterocycles. The summed E-state index contributed by atoms with van der Waals surface area (Å²) in [6.07, 6.45) is 1.43. The molecule has 2 aromatic carbocycles. The zero-order chi connectivity index (χ0) is 15.3. The molecule has 0 aliphatic carbocycles. The van der Waals surface area contributed by atoms with Crippen LogP contribution in [0.2, 0.25) is 0 Å². The number of carbonyl (C=O) groups excluding carboxylic acids is 2. The summed E-state index contributed by atoms with van der Waals surface area (Å²) in [5.41, 5.74) is 2.32. The van der Waals surface area contributed by atoms with Crippen molar-refractivity contribution in [3.63, 3.8) is 0 Å². The van der Waals surface area contributed by atoms with Crippen molar-refractivity contribution in [3.05, 3.63) is 70.8 Å². The van der Waals surface area contributed by atoms with Gasteiger partial charge in [0, 0.05) is 11.1 Å². The quantitative estimate of drug-likeness (QED) is 0.769. The smallest absolute Gasteiger partial charge is 0.158 e. The summed E-state index contributed by atoms with van der Waals surface area (Å²) < 4.78 is 24.3. The molecule has 0 heterocycles. The predicted molar refractivity (Wildman–Crippen MR) is 80.0 cm³/mol. The van der Waals surface area contributed by atoms with E-state index in [0.29, 0.717) is 34.8 Å². The first kappa shape index (κ1) is 15.1. The average molecular weight is 302 g/mol. The van der Waals surface area contributed by atoms with E-state index in [1.807, 2.05) is 0 Å². The van der Waals surface area contributed by atoms with Crippen molar-refractivity contribution >= 4 is 22.4 Å². The van der Waals surface area contributed by atoms with E-state index in [4.69, 9.17) is 0 Å². The Morgan fingerprint density at radius 1 is 0.667 bits per heavy atom. The van der Waals surface area contributed by atoms with Crippen LogP contribution in [0.4, 0.5) is 0 Å². The molecule has 108 valence electrons. The Labute approximate surface area is 123 Å². The van der Waals surface area contributed by atoms with Gasteiger partial charge >= 0.3 is 0 Å². The summed E-state index contributed by atoms with van der Waals surface area (Å²) in [5, 5.41) is 0. The van der Waals surface area contributed by atoms with Gasteiger partial charge in [-0.3, -0.25) is 9.59 Å². The molecular weight excluding hydrogens is 288 g/mol. The molecule has 0 fully saturated rings. The molecule has 2 rings (SSSR count). The highest BCUT2D eigenvalue weighted by Crippen LogP contribution is 2.13. The van der Waals surface area contributed by atoms with Crippen molar-refractivity contribution < 1.29 is 18.0 Å². The second-order valence-corrected chi connectivity index (χ2v) is 6.82. The van der Waals surface area contributed by atoms with Gasteiger partial charge in [0.2, 0.25) is 0 Å². The Balaban J connectivity index is 2.09. The summed E-state index contributed by atoms with van der Waals surface area (Å²) in [5.74, 6) is -0.164. The van der Waals surface area contributed by atoms with Crippen molar-refractivity contribution in [1.29, 1.82) is 0 Å². The third kappa shape index (κ3) is 4.36. The summed E-state index contributed by atoms with van der Waals surface area (Å²) in [4.78, 5) is 21.1. The lowest BCUT2D eigenvalue weighted by Crippen LogP contribution is -2.07. The van der Waals surface area contributed by atoms with E-state index in [1.54, 1.807) is 48.5 Å². The molecule has 0 unspecified atom stereocenters. The number of sulfone groups is 1. The zero-order valence-corrected chi connectivity index (χ0v) is 12.0. The predicted octanol–water partition coefficient (Wildman–Crippen LogP) is 2.43. The van der Waals surface area contributed by atoms with Crippen LogP contribution in [0.1, 0.15) is 31.8 Å². The second-order valence-electron chi connectivity index (χ2n) is 4.75. The summed E-state index contributed by atoms with van der Waals surface area (Å²) in [6, 6.07) is 12.9. The highest BCUT2D eigenvalue weighted by molar-refractivity contribution is 7.89. The molecule has 0 aliphatic heterocycles. The molecular formula is C16H14O4S. The number of aldehydes is 2. The fourth-order valence-corrected chi connectivity index (χ4v) is 3.45. The van der Waals surface area contributed by atoms with Crippen molar-refractivity contribution in [2.24, 2.45) is 0 Å². The second kappa shape index (κ2) is 6.45. The van der Waals surface area contributed by atoms with Gasteiger partial charge in [-0.2, -0.15) is 0 Å². The maximum atomic E-state index is 12.1. The molecule has 21 heavy (non-hydrogen) atoms. The van der Waals surface area contributed by atoms with Gasteiger partial charge in [0.15, 0.2) is 9.84 Å². The molecule has 2 aromatic rings. The van der Waals surface area contributed by atoms with Crippen LogP contribution in [0.25, 0.3) is 0 Å². The van der Waals surface area contributed by atoms with E-state index in [1.165, 1.54) is 0 Å². The lowest BCUT2D eigenvalue weighted by Gasteiger charge is -2.05. The fraction of sp³-hybridized carbons (Fsp3) is 0.125. The SMILES string of the molecule is O=Cc1ccc(CS(=O)(=O)Cc2ccc(C=O)cc2)cc1. The van der Waals surface area contributed by atoms with E-state index in [0.717, 1.165) is 0 Å². The Hall–Kier alpha value is -2.27. The van der Waals surface area contributed by atoms with Gasteiger partial charge in [0.05, 0.1) is 11.5 Å². The van der Waals surface area contributed by atoms with Gasteiger partial charge in [-0.1, -0.05) is 48.5 Å². The van der Waals surface area contributed by atoms with E-state index in [-0.39, 0.29) is 11.5 Å². The van der Waals surface area contributed by atoms with Crippen LogP contribution >= 0.6 is 0 Å². The summed E-state index contributed by atoms with van der Waals surface area (Å²) >= 11 is 0. The van der Waals surface area contributed by atoms with Gasteiger partial charge < -0.3 is 0 Å². The largest absolute Gasteiger partial charge is 0.298 e. The maximum absolute atomic E-state index is 12.1. The van der Waals surface area contributed by atoms with Crippen molar-refractivity contribution in [3.8, 4) is 0 Å². The van der Waals surface area contributed by atoms with Crippen molar-refractivity contribution in [1.82, 2.24) is 0 Å². The molecule has 4 nitrogen and oxygen atoms in total. The first-order valence-corrected chi connectivity index (χ1v) is 8.13. The van der Waals surface area contributed by atoms with E-state index in [2.05, 4.69) is 0 Å². The van der Waals surface area contributed by atoms with Gasteiger partial charge in [0.25, 0.3) is 0 Å². The van der Waals surface area contributed by atoms with Crippen LogP contribution in [0.15, 0.2) is 48.5 Å². The first-order valence-electron chi connectivity index (χ1n) is 6.31. The summed E-state index contributed by atoms with van der Waals surface area (Å²) in [7, 11) is -3.30. The van der Waals surface area contributed by atoms with Crippen LogP contribution in [-0.2, 0) is 21.3 Å². The highest BCUT2D eigenvalue weighted by atomic mass is 32.2. The van der Waals surface area contributed by atoms with E-state index >= 15 is 0 Å². The van der Waals surface area contributed by atoms with Crippen LogP contribution in [0, 0.1) is 0 Å². The number of rotatable bonds is 6. The maximum Gasteiger partial charge on any atom is 0.158 e. The Morgan fingerprint density at radius 3 is 1.29 bits per heavy atom. The van der Waals surface area contributed by atoms with Gasteiger partial charge in [-0.15, -0.1) is 0 Å². The molecule has 0 aromatic heterocycles. The van der Waals surface area contributed by atoms with Gasteiger partial charge in [-0.25, -0.2) is 8.42 Å². The fourth-order valence-electron chi connectivity index (χ4n) is 1.94. The Bertz CT molecular complexity index is 669. The molecule has 0 N–H and O–H groups in total. The number of benzene rings is 2. The lowest BCUT2D eigenvalue weighted by molar-refractivity contribution is 0.111. The molecule has 0 amide bonds. The average Bonchev–Trinajstić information content (AvgIpc) is 2.48. The molecule has 0 atom stereocenters. The molecule has 0 radical (unpaired) electrons. The van der Waals surface area contributed by atoms with E-state index in [9.17, 15) is 18.0 Å². The lowest BCUT2D eigenvalue weighted by atomic mass is 10.2. The van der Waals surface area contributed by atoms with Crippen LogP contribution < -0.4 is 0 Å². The minimum atomic E-state index is -3.30. The van der Waals surface area contributed by atoms with E-state index < -0.39 is 9.84 Å². The summed E-state index contributed by atoms with van der Waals surface area (Å²) in [6.45, 7) is 0. The molecule has 0 bridgehead atoms. The third-order valence-electron chi connectivity index (χ3n) is 3.00. The van der Waals surface area contributed by atoms with Crippen molar-refractivity contribution in [2.75, 3.05) is 0 Å². The minimum Gasteiger partial charge on any atom is -0.298 e. The standard InChI is InChI=1S/C16H14O4S/c17-9-13-1-5-15(6-2-13)11-21(19,20)12-16-7-3-14(10-18)4-8-16/h1-10H,11-12H2.